The molecule has 2 aromatic heterocycles. The summed E-state index contributed by atoms with van der Waals surface area (Å²) in [7, 11) is 1.61. The SMILES string of the molecule is CCn1c([O-])nc2ncn(Cc3ccc(OC)cc3)c2c1=O. The summed E-state index contributed by atoms with van der Waals surface area (Å²) in [6, 6.07) is 6.98. The Balaban J connectivity index is 2.05. The number of hydrogen-bond donors (Lipinski definition) is 0. The van der Waals surface area contributed by atoms with Gasteiger partial charge in [-0.15, -0.1) is 0 Å². The molecule has 0 radical (unpaired) electrons. The molecule has 3 rings (SSSR count). The third-order valence-corrected chi connectivity index (χ3v) is 3.53. The van der Waals surface area contributed by atoms with Gasteiger partial charge < -0.3 is 19.0 Å². The van der Waals surface area contributed by atoms with E-state index in [1.165, 1.54) is 6.33 Å². The monoisotopic (exact) mass is 299 g/mol. The minimum absolute atomic E-state index is 0.188. The maximum absolute atomic E-state index is 12.4. The minimum atomic E-state index is -0.560. The zero-order valence-electron chi connectivity index (χ0n) is 12.3. The van der Waals surface area contributed by atoms with Gasteiger partial charge in [0.1, 0.15) is 5.75 Å². The topological polar surface area (TPSA) is 85.0 Å². The molecule has 0 saturated carbocycles. The van der Waals surface area contributed by atoms with Crippen molar-refractivity contribution < 1.29 is 9.84 Å². The number of benzene rings is 1. The van der Waals surface area contributed by atoms with Crippen LogP contribution in [0.1, 0.15) is 12.5 Å². The van der Waals surface area contributed by atoms with Crippen LogP contribution >= 0.6 is 0 Å². The minimum Gasteiger partial charge on any atom is -0.846 e. The van der Waals surface area contributed by atoms with E-state index in [4.69, 9.17) is 4.74 Å². The smallest absolute Gasteiger partial charge is 0.279 e. The van der Waals surface area contributed by atoms with Gasteiger partial charge in [0.25, 0.3) is 5.56 Å². The Bertz CT molecular complexity index is 865. The third kappa shape index (κ3) is 2.30. The Labute approximate surface area is 126 Å². The predicted molar refractivity (Wildman–Crippen MR) is 79.0 cm³/mol. The van der Waals surface area contributed by atoms with E-state index in [9.17, 15) is 9.90 Å². The standard InChI is InChI=1S/C15H16N4O3/c1-3-19-14(20)12-13(17-15(19)21)16-9-18(12)8-10-4-6-11(22-2)7-5-10/h4-7,9H,3,8H2,1-2H3,(H,17,21)/p-1. The van der Waals surface area contributed by atoms with Gasteiger partial charge in [0.05, 0.1) is 19.4 Å². The van der Waals surface area contributed by atoms with Gasteiger partial charge in [-0.3, -0.25) is 4.79 Å². The van der Waals surface area contributed by atoms with Gasteiger partial charge in [0, 0.05) is 13.1 Å². The second-order valence-corrected chi connectivity index (χ2v) is 4.84. The van der Waals surface area contributed by atoms with Crippen LogP contribution in [0.5, 0.6) is 11.8 Å². The van der Waals surface area contributed by atoms with Crippen molar-refractivity contribution in [1.29, 1.82) is 0 Å². The van der Waals surface area contributed by atoms with E-state index in [2.05, 4.69) is 9.97 Å². The first-order valence-electron chi connectivity index (χ1n) is 6.89. The molecule has 3 aromatic rings. The van der Waals surface area contributed by atoms with Crippen molar-refractivity contribution in [2.45, 2.75) is 20.0 Å². The van der Waals surface area contributed by atoms with Crippen molar-refractivity contribution in [3.8, 4) is 11.8 Å². The lowest BCUT2D eigenvalue weighted by molar-refractivity contribution is -0.286. The molecule has 0 unspecified atom stereocenters. The quantitative estimate of drug-likeness (QED) is 0.709. The highest BCUT2D eigenvalue weighted by Crippen LogP contribution is 2.15. The van der Waals surface area contributed by atoms with Crippen LogP contribution in [0.15, 0.2) is 35.4 Å². The summed E-state index contributed by atoms with van der Waals surface area (Å²) in [6.07, 6.45) is 1.53. The zero-order valence-corrected chi connectivity index (χ0v) is 12.3. The number of imidazole rings is 1. The number of nitrogens with zero attached hydrogens (tertiary/aromatic N) is 4. The van der Waals surface area contributed by atoms with Crippen molar-refractivity contribution in [3.05, 3.63) is 46.5 Å². The first kappa shape index (κ1) is 14.1. The van der Waals surface area contributed by atoms with Crippen LogP contribution in [0.4, 0.5) is 0 Å². The highest BCUT2D eigenvalue weighted by molar-refractivity contribution is 5.70. The molecule has 7 nitrogen and oxygen atoms in total. The number of hydrogen-bond acceptors (Lipinski definition) is 5. The molecule has 1 aromatic carbocycles. The third-order valence-electron chi connectivity index (χ3n) is 3.53. The van der Waals surface area contributed by atoms with Crippen LogP contribution in [0.25, 0.3) is 11.2 Å². The fourth-order valence-electron chi connectivity index (χ4n) is 2.36. The molecular weight excluding hydrogens is 284 g/mol. The molecule has 22 heavy (non-hydrogen) atoms. The number of aromatic nitrogens is 4. The van der Waals surface area contributed by atoms with Crippen LogP contribution in [0.3, 0.4) is 0 Å². The molecule has 0 N–H and O–H groups in total. The summed E-state index contributed by atoms with van der Waals surface area (Å²) < 4.78 is 7.93. The maximum atomic E-state index is 12.4. The maximum Gasteiger partial charge on any atom is 0.279 e. The van der Waals surface area contributed by atoms with Crippen LogP contribution in [0.2, 0.25) is 0 Å². The van der Waals surface area contributed by atoms with Crippen LogP contribution in [-0.4, -0.2) is 26.2 Å². The first-order chi connectivity index (χ1) is 10.6. The van der Waals surface area contributed by atoms with Gasteiger partial charge in [-0.25, -0.2) is 9.97 Å². The van der Waals surface area contributed by atoms with E-state index >= 15 is 0 Å². The average molecular weight is 299 g/mol. The van der Waals surface area contributed by atoms with Crippen molar-refractivity contribution >= 4 is 11.2 Å². The highest BCUT2D eigenvalue weighted by Gasteiger charge is 2.11. The molecular formula is C15H15N4O3-. The van der Waals surface area contributed by atoms with E-state index in [0.29, 0.717) is 12.1 Å². The predicted octanol–water partition coefficient (Wildman–Crippen LogP) is 0.743. The number of ether oxygens (including phenoxy) is 1. The number of rotatable bonds is 4. The number of methoxy groups -OCH3 is 1. The van der Waals surface area contributed by atoms with Crippen LogP contribution in [-0.2, 0) is 13.1 Å². The van der Waals surface area contributed by atoms with Crippen molar-refractivity contribution in [1.82, 2.24) is 19.1 Å². The van der Waals surface area contributed by atoms with E-state index in [-0.39, 0.29) is 17.8 Å². The first-order valence-corrected chi connectivity index (χ1v) is 6.89. The second kappa shape index (κ2) is 5.51. The van der Waals surface area contributed by atoms with E-state index in [0.717, 1.165) is 15.9 Å². The summed E-state index contributed by atoms with van der Waals surface area (Å²) in [5.74, 6) is 0.769. The fourth-order valence-corrected chi connectivity index (χ4v) is 2.36. The fraction of sp³-hybridized carbons (Fsp3) is 0.267. The molecule has 0 saturated heterocycles. The molecule has 2 heterocycles. The summed E-state index contributed by atoms with van der Waals surface area (Å²) in [6.45, 7) is 2.49. The van der Waals surface area contributed by atoms with Crippen LogP contribution < -0.4 is 15.4 Å². The summed E-state index contributed by atoms with van der Waals surface area (Å²) >= 11 is 0. The lowest BCUT2D eigenvalue weighted by Gasteiger charge is -2.13. The summed E-state index contributed by atoms with van der Waals surface area (Å²) in [5.41, 5.74) is 1.17. The Morgan fingerprint density at radius 3 is 2.64 bits per heavy atom. The van der Waals surface area contributed by atoms with Gasteiger partial charge in [-0.2, -0.15) is 0 Å². The highest BCUT2D eigenvalue weighted by atomic mass is 16.5. The lowest BCUT2D eigenvalue weighted by Crippen LogP contribution is -2.25. The molecule has 0 aliphatic rings. The molecule has 0 aliphatic carbocycles. The lowest BCUT2D eigenvalue weighted by atomic mass is 10.2. The number of fused-ring (bicyclic) bond motifs is 1. The Kier molecular flexibility index (Phi) is 3.54. The van der Waals surface area contributed by atoms with Crippen molar-refractivity contribution in [2.75, 3.05) is 7.11 Å². The normalized spacial score (nSPS) is 11.0. The molecule has 0 aliphatic heterocycles. The molecule has 0 atom stereocenters. The molecule has 0 spiro atoms. The Morgan fingerprint density at radius 2 is 2.00 bits per heavy atom. The van der Waals surface area contributed by atoms with Gasteiger partial charge in [-0.05, 0) is 24.6 Å². The molecule has 0 amide bonds. The average Bonchev–Trinajstić information content (AvgIpc) is 2.91. The molecule has 7 heteroatoms. The largest absolute Gasteiger partial charge is 0.846 e. The van der Waals surface area contributed by atoms with E-state index in [1.54, 1.807) is 18.6 Å². The van der Waals surface area contributed by atoms with Crippen LogP contribution in [0, 0.1) is 0 Å². The molecule has 0 fully saturated rings. The summed E-state index contributed by atoms with van der Waals surface area (Å²) in [4.78, 5) is 20.3. The van der Waals surface area contributed by atoms with Crippen molar-refractivity contribution in [3.63, 3.8) is 0 Å². The Morgan fingerprint density at radius 1 is 1.27 bits per heavy atom. The summed E-state index contributed by atoms with van der Waals surface area (Å²) in [5, 5.41) is 11.7. The van der Waals surface area contributed by atoms with Gasteiger partial charge in [-0.1, -0.05) is 12.1 Å². The molecule has 114 valence electrons. The van der Waals surface area contributed by atoms with E-state index < -0.39 is 6.01 Å². The molecule has 0 bridgehead atoms. The van der Waals surface area contributed by atoms with Crippen molar-refractivity contribution in [2.24, 2.45) is 0 Å². The van der Waals surface area contributed by atoms with Gasteiger partial charge in [0.15, 0.2) is 11.2 Å². The Hall–Kier alpha value is -2.83. The van der Waals surface area contributed by atoms with Gasteiger partial charge in [0.2, 0.25) is 0 Å². The second-order valence-electron chi connectivity index (χ2n) is 4.84. The van der Waals surface area contributed by atoms with Gasteiger partial charge >= 0.3 is 0 Å². The zero-order chi connectivity index (χ0) is 15.7. The van der Waals surface area contributed by atoms with E-state index in [1.807, 2.05) is 24.3 Å².